The summed E-state index contributed by atoms with van der Waals surface area (Å²) in [6.45, 7) is 5.37. The van der Waals surface area contributed by atoms with Gasteiger partial charge in [0.25, 0.3) is 0 Å². The van der Waals surface area contributed by atoms with Crippen LogP contribution in [0, 0.1) is 0 Å². The van der Waals surface area contributed by atoms with E-state index in [0.717, 1.165) is 44.8 Å². The number of benzene rings is 1. The number of aromatic nitrogens is 6. The topological polar surface area (TPSA) is 120 Å². The smallest absolute Gasteiger partial charge is 0.224 e. The van der Waals surface area contributed by atoms with Crippen LogP contribution in [0.3, 0.4) is 0 Å². The van der Waals surface area contributed by atoms with Gasteiger partial charge in [0.15, 0.2) is 28.5 Å². The maximum Gasteiger partial charge on any atom is 0.224 e. The molecule has 34 heavy (non-hydrogen) atoms. The Balaban J connectivity index is 1.39. The Morgan fingerprint density at radius 2 is 1.79 bits per heavy atom. The lowest BCUT2D eigenvalue weighted by atomic mass is 10.1. The van der Waals surface area contributed by atoms with Crippen LogP contribution in [0.5, 0.6) is 11.5 Å². The number of methoxy groups -OCH3 is 2. The molecule has 0 unspecified atom stereocenters. The Bertz CT molecular complexity index is 1270. The predicted molar refractivity (Wildman–Crippen MR) is 129 cm³/mol. The molecule has 1 aliphatic heterocycles. The Labute approximate surface area is 197 Å². The van der Waals surface area contributed by atoms with Crippen LogP contribution < -0.4 is 20.1 Å². The number of imidazole rings is 1. The van der Waals surface area contributed by atoms with Crippen molar-refractivity contribution in [2.24, 2.45) is 0 Å². The molecule has 0 bridgehead atoms. The Morgan fingerprint density at radius 1 is 0.971 bits per heavy atom. The number of anilines is 2. The Kier molecular flexibility index (Phi) is 6.09. The minimum absolute atomic E-state index is 0.193. The van der Waals surface area contributed by atoms with Crippen LogP contribution in [0.25, 0.3) is 22.4 Å². The molecule has 2 N–H and O–H groups in total. The van der Waals surface area contributed by atoms with Gasteiger partial charge < -0.3 is 24.7 Å². The molecule has 1 saturated heterocycles. The number of nitrogen functional groups attached to an aromatic ring is 1. The highest BCUT2D eigenvalue weighted by atomic mass is 16.5. The van der Waals surface area contributed by atoms with Crippen molar-refractivity contribution in [1.29, 1.82) is 0 Å². The molecule has 4 heterocycles. The van der Waals surface area contributed by atoms with E-state index >= 15 is 0 Å². The van der Waals surface area contributed by atoms with Crippen LogP contribution in [0.1, 0.15) is 0 Å². The average Bonchev–Trinajstić information content (AvgIpc) is 3.40. The fraction of sp³-hybridized carbons (Fsp3) is 0.348. The van der Waals surface area contributed by atoms with Crippen molar-refractivity contribution < 1.29 is 9.47 Å². The second-order valence-electron chi connectivity index (χ2n) is 8.03. The molecule has 5 rings (SSSR count). The van der Waals surface area contributed by atoms with Gasteiger partial charge in [-0.15, -0.1) is 0 Å². The van der Waals surface area contributed by atoms with Crippen molar-refractivity contribution in [3.05, 3.63) is 43.1 Å². The normalized spacial score (nSPS) is 14.5. The van der Waals surface area contributed by atoms with Crippen LogP contribution in [0.4, 0.5) is 11.8 Å². The molecule has 176 valence electrons. The average molecular weight is 462 g/mol. The SMILES string of the molecule is COc1ccc(-c2cnc3nc(N)nc(N4CCN(CCn5ccnc5)CC4)c3n2)cc1OC. The standard InChI is InChI=1S/C23H27N9O2/c1-33-18-4-3-16(13-19(18)34-2)17-14-26-21-20(27-17)22(29-23(24)28-21)32-11-9-30(10-12-32)7-8-31-6-5-25-15-31/h3-6,13-15H,7-12H2,1-2H3,(H2,24,26,28,29). The molecule has 11 nitrogen and oxygen atoms in total. The van der Waals surface area contributed by atoms with Gasteiger partial charge in [0.05, 0.1) is 32.4 Å². The number of ether oxygens (including phenoxy) is 2. The van der Waals surface area contributed by atoms with Crippen molar-refractivity contribution >= 4 is 22.9 Å². The highest BCUT2D eigenvalue weighted by Crippen LogP contribution is 2.32. The third-order valence-corrected chi connectivity index (χ3v) is 5.99. The van der Waals surface area contributed by atoms with Crippen LogP contribution >= 0.6 is 0 Å². The van der Waals surface area contributed by atoms with Gasteiger partial charge in [-0.25, -0.2) is 15.0 Å². The second kappa shape index (κ2) is 9.48. The fourth-order valence-corrected chi connectivity index (χ4v) is 4.12. The lowest BCUT2D eigenvalue weighted by Gasteiger charge is -2.35. The van der Waals surface area contributed by atoms with Gasteiger partial charge in [-0.3, -0.25) is 4.90 Å². The Morgan fingerprint density at radius 3 is 2.53 bits per heavy atom. The lowest BCUT2D eigenvalue weighted by Crippen LogP contribution is -2.47. The zero-order valence-corrected chi connectivity index (χ0v) is 19.3. The number of fused-ring (bicyclic) bond motifs is 1. The summed E-state index contributed by atoms with van der Waals surface area (Å²) in [5.74, 6) is 2.19. The van der Waals surface area contributed by atoms with E-state index in [2.05, 4.69) is 34.3 Å². The molecule has 1 aliphatic rings. The van der Waals surface area contributed by atoms with Crippen LogP contribution in [-0.4, -0.2) is 81.3 Å². The number of nitrogens with two attached hydrogens (primary N) is 1. The summed E-state index contributed by atoms with van der Waals surface area (Å²) < 4.78 is 12.9. The summed E-state index contributed by atoms with van der Waals surface area (Å²) in [6.07, 6.45) is 7.33. The first-order valence-corrected chi connectivity index (χ1v) is 11.1. The highest BCUT2D eigenvalue weighted by molar-refractivity contribution is 5.86. The van der Waals surface area contributed by atoms with Crippen molar-refractivity contribution in [1.82, 2.24) is 34.4 Å². The van der Waals surface area contributed by atoms with Gasteiger partial charge >= 0.3 is 0 Å². The maximum absolute atomic E-state index is 6.01. The molecule has 0 saturated carbocycles. The zero-order valence-electron chi connectivity index (χ0n) is 19.3. The summed E-state index contributed by atoms with van der Waals surface area (Å²) in [4.78, 5) is 27.0. The summed E-state index contributed by atoms with van der Waals surface area (Å²) in [5, 5.41) is 0. The van der Waals surface area contributed by atoms with E-state index in [0.29, 0.717) is 34.2 Å². The van der Waals surface area contributed by atoms with E-state index < -0.39 is 0 Å². The first kappa shape index (κ1) is 21.8. The largest absolute Gasteiger partial charge is 0.493 e. The van der Waals surface area contributed by atoms with E-state index in [4.69, 9.17) is 20.2 Å². The molecular formula is C23H27N9O2. The monoisotopic (exact) mass is 461 g/mol. The number of piperazine rings is 1. The molecule has 1 aromatic carbocycles. The molecule has 11 heteroatoms. The molecule has 0 amide bonds. The molecular weight excluding hydrogens is 434 g/mol. The van der Waals surface area contributed by atoms with Crippen molar-refractivity contribution in [3.8, 4) is 22.8 Å². The van der Waals surface area contributed by atoms with Gasteiger partial charge in [0.2, 0.25) is 5.95 Å². The van der Waals surface area contributed by atoms with E-state index in [9.17, 15) is 0 Å². The van der Waals surface area contributed by atoms with Gasteiger partial charge in [0.1, 0.15) is 0 Å². The minimum atomic E-state index is 0.193. The molecule has 4 aromatic rings. The fourth-order valence-electron chi connectivity index (χ4n) is 4.12. The highest BCUT2D eigenvalue weighted by Gasteiger charge is 2.22. The molecule has 1 fully saturated rings. The van der Waals surface area contributed by atoms with Gasteiger partial charge in [-0.05, 0) is 18.2 Å². The van der Waals surface area contributed by atoms with E-state index in [1.807, 2.05) is 30.7 Å². The van der Waals surface area contributed by atoms with Crippen LogP contribution in [0.15, 0.2) is 43.1 Å². The van der Waals surface area contributed by atoms with Gasteiger partial charge in [-0.2, -0.15) is 9.97 Å². The number of hydrogen-bond donors (Lipinski definition) is 1. The number of nitrogens with zero attached hydrogens (tertiary/aromatic N) is 8. The van der Waals surface area contributed by atoms with E-state index in [-0.39, 0.29) is 5.95 Å². The first-order valence-electron chi connectivity index (χ1n) is 11.1. The third-order valence-electron chi connectivity index (χ3n) is 5.99. The predicted octanol–water partition coefficient (Wildman–Crippen LogP) is 1.70. The maximum atomic E-state index is 6.01. The summed E-state index contributed by atoms with van der Waals surface area (Å²) in [6, 6.07) is 5.66. The van der Waals surface area contributed by atoms with Gasteiger partial charge in [0, 0.05) is 57.2 Å². The minimum Gasteiger partial charge on any atom is -0.493 e. The van der Waals surface area contributed by atoms with Crippen molar-refractivity contribution in [2.45, 2.75) is 6.54 Å². The van der Waals surface area contributed by atoms with E-state index in [1.54, 1.807) is 26.6 Å². The van der Waals surface area contributed by atoms with Crippen molar-refractivity contribution in [3.63, 3.8) is 0 Å². The third kappa shape index (κ3) is 4.42. The molecule has 0 radical (unpaired) electrons. The lowest BCUT2D eigenvalue weighted by molar-refractivity contribution is 0.248. The summed E-state index contributed by atoms with van der Waals surface area (Å²) in [5.41, 5.74) is 8.68. The van der Waals surface area contributed by atoms with Crippen LogP contribution in [0.2, 0.25) is 0 Å². The quantitative estimate of drug-likeness (QED) is 0.435. The number of hydrogen-bond acceptors (Lipinski definition) is 10. The van der Waals surface area contributed by atoms with E-state index in [1.165, 1.54) is 0 Å². The molecule has 0 aliphatic carbocycles. The first-order chi connectivity index (χ1) is 16.6. The van der Waals surface area contributed by atoms with Crippen LogP contribution in [-0.2, 0) is 6.54 Å². The number of rotatable bonds is 7. The summed E-state index contributed by atoms with van der Waals surface area (Å²) >= 11 is 0. The van der Waals surface area contributed by atoms with Gasteiger partial charge in [-0.1, -0.05) is 0 Å². The molecule has 0 atom stereocenters. The summed E-state index contributed by atoms with van der Waals surface area (Å²) in [7, 11) is 3.22. The Hall–Kier alpha value is -3.99. The van der Waals surface area contributed by atoms with Crippen molar-refractivity contribution in [2.75, 3.05) is 57.6 Å². The zero-order chi connectivity index (χ0) is 23.5. The second-order valence-corrected chi connectivity index (χ2v) is 8.03. The molecule has 3 aromatic heterocycles. The molecule has 0 spiro atoms.